The van der Waals surface area contributed by atoms with E-state index in [2.05, 4.69) is 0 Å². The van der Waals surface area contributed by atoms with E-state index in [0.717, 1.165) is 5.75 Å². The van der Waals surface area contributed by atoms with Gasteiger partial charge in [-0.15, -0.1) is 0 Å². The zero-order chi connectivity index (χ0) is 8.97. The molecule has 1 rings (SSSR count). The molecular formula is C9H11NOS. The second-order valence-corrected chi connectivity index (χ2v) is 3.54. The highest BCUT2D eigenvalue weighted by atomic mass is 32.2. The highest BCUT2D eigenvalue weighted by Gasteiger charge is 2.07. The van der Waals surface area contributed by atoms with Crippen molar-refractivity contribution in [3.63, 3.8) is 0 Å². The van der Waals surface area contributed by atoms with Crippen LogP contribution in [0.25, 0.3) is 0 Å². The first kappa shape index (κ1) is 9.13. The Balaban J connectivity index is 2.87. The summed E-state index contributed by atoms with van der Waals surface area (Å²) in [4.78, 5) is 11.3. The normalized spacial score (nSPS) is 9.75. The fourth-order valence-corrected chi connectivity index (χ4v) is 1.50. The second-order valence-electron chi connectivity index (χ2n) is 2.31. The maximum absolute atomic E-state index is 11.3. The minimum absolute atomic E-state index is 0.0515. The van der Waals surface area contributed by atoms with E-state index in [1.165, 1.54) is 11.8 Å². The maximum Gasteiger partial charge on any atom is 0.221 e. The van der Waals surface area contributed by atoms with Crippen molar-refractivity contribution in [2.45, 2.75) is 6.92 Å². The number of nitrogen functional groups attached to an aromatic ring is 1. The first-order valence-corrected chi connectivity index (χ1v) is 4.76. The summed E-state index contributed by atoms with van der Waals surface area (Å²) in [5.41, 5.74) is 6.79. The fourth-order valence-electron chi connectivity index (χ4n) is 0.892. The van der Waals surface area contributed by atoms with Gasteiger partial charge in [0.15, 0.2) is 0 Å². The SMILES string of the molecule is CCSC(=O)c1ccccc1N. The molecule has 0 unspecified atom stereocenters. The second kappa shape index (κ2) is 4.16. The Kier molecular flexibility index (Phi) is 3.17. The Morgan fingerprint density at radius 1 is 1.50 bits per heavy atom. The molecule has 0 saturated carbocycles. The number of carbonyl (C=O) groups is 1. The zero-order valence-corrected chi connectivity index (χ0v) is 7.73. The van der Waals surface area contributed by atoms with Crippen molar-refractivity contribution >= 4 is 22.6 Å². The molecule has 2 nitrogen and oxygen atoms in total. The van der Waals surface area contributed by atoms with Crippen molar-refractivity contribution in [3.05, 3.63) is 29.8 Å². The van der Waals surface area contributed by atoms with Crippen LogP contribution in [0.5, 0.6) is 0 Å². The third-order valence-corrected chi connectivity index (χ3v) is 2.23. The van der Waals surface area contributed by atoms with Gasteiger partial charge >= 0.3 is 0 Å². The predicted octanol–water partition coefficient (Wildman–Crippen LogP) is 2.16. The van der Waals surface area contributed by atoms with Crippen LogP contribution < -0.4 is 5.73 Å². The molecular weight excluding hydrogens is 170 g/mol. The third kappa shape index (κ3) is 2.01. The molecule has 12 heavy (non-hydrogen) atoms. The van der Waals surface area contributed by atoms with Crippen molar-refractivity contribution in [2.75, 3.05) is 11.5 Å². The highest BCUT2D eigenvalue weighted by Crippen LogP contribution is 2.17. The molecule has 3 heteroatoms. The minimum atomic E-state index is 0.0515. The maximum atomic E-state index is 11.3. The summed E-state index contributed by atoms with van der Waals surface area (Å²) >= 11 is 1.28. The molecule has 0 aliphatic rings. The lowest BCUT2D eigenvalue weighted by molar-refractivity contribution is 0.109. The zero-order valence-electron chi connectivity index (χ0n) is 6.91. The summed E-state index contributed by atoms with van der Waals surface area (Å²) in [6, 6.07) is 7.13. The van der Waals surface area contributed by atoms with Crippen molar-refractivity contribution in [1.82, 2.24) is 0 Å². The van der Waals surface area contributed by atoms with Gasteiger partial charge in [0.2, 0.25) is 5.12 Å². The number of hydrogen-bond donors (Lipinski definition) is 1. The van der Waals surface area contributed by atoms with Gasteiger partial charge < -0.3 is 5.73 Å². The van der Waals surface area contributed by atoms with Crippen LogP contribution in [-0.2, 0) is 0 Å². The van der Waals surface area contributed by atoms with Crippen molar-refractivity contribution < 1.29 is 4.79 Å². The van der Waals surface area contributed by atoms with Gasteiger partial charge in [0, 0.05) is 5.69 Å². The summed E-state index contributed by atoms with van der Waals surface area (Å²) in [5, 5.41) is 0.0515. The lowest BCUT2D eigenvalue weighted by Gasteiger charge is -2.01. The Labute approximate surface area is 76.2 Å². The van der Waals surface area contributed by atoms with E-state index in [0.29, 0.717) is 11.3 Å². The minimum Gasteiger partial charge on any atom is -0.398 e. The molecule has 0 bridgehead atoms. The molecule has 0 aromatic heterocycles. The van der Waals surface area contributed by atoms with E-state index in [-0.39, 0.29) is 5.12 Å². The van der Waals surface area contributed by atoms with Crippen LogP contribution in [0.1, 0.15) is 17.3 Å². The van der Waals surface area contributed by atoms with E-state index in [1.807, 2.05) is 19.1 Å². The number of thioether (sulfide) groups is 1. The molecule has 2 N–H and O–H groups in total. The van der Waals surface area contributed by atoms with Gasteiger partial charge in [-0.3, -0.25) is 4.79 Å². The first-order valence-electron chi connectivity index (χ1n) is 3.77. The number of carbonyl (C=O) groups excluding carboxylic acids is 1. The molecule has 0 radical (unpaired) electrons. The van der Waals surface area contributed by atoms with Gasteiger partial charge in [-0.05, 0) is 17.9 Å². The van der Waals surface area contributed by atoms with Gasteiger partial charge in [-0.2, -0.15) is 0 Å². The van der Waals surface area contributed by atoms with Crippen LogP contribution in [0, 0.1) is 0 Å². The van der Waals surface area contributed by atoms with Crippen LogP contribution in [0.3, 0.4) is 0 Å². The summed E-state index contributed by atoms with van der Waals surface area (Å²) in [6.07, 6.45) is 0. The largest absolute Gasteiger partial charge is 0.398 e. The van der Waals surface area contributed by atoms with Crippen molar-refractivity contribution in [2.24, 2.45) is 0 Å². The molecule has 1 aromatic carbocycles. The van der Waals surface area contributed by atoms with Crippen LogP contribution in [0.4, 0.5) is 5.69 Å². The molecule has 0 aliphatic carbocycles. The lowest BCUT2D eigenvalue weighted by atomic mass is 10.2. The summed E-state index contributed by atoms with van der Waals surface area (Å²) < 4.78 is 0. The predicted molar refractivity (Wildman–Crippen MR) is 53.3 cm³/mol. The van der Waals surface area contributed by atoms with E-state index in [1.54, 1.807) is 12.1 Å². The standard InChI is InChI=1S/C9H11NOS/c1-2-12-9(11)7-5-3-4-6-8(7)10/h3-6H,2,10H2,1H3. The number of anilines is 1. The Morgan fingerprint density at radius 2 is 2.17 bits per heavy atom. The van der Waals surface area contributed by atoms with Gasteiger partial charge in [0.25, 0.3) is 0 Å². The fraction of sp³-hybridized carbons (Fsp3) is 0.222. The monoisotopic (exact) mass is 181 g/mol. The molecule has 0 spiro atoms. The summed E-state index contributed by atoms with van der Waals surface area (Å²) in [6.45, 7) is 1.95. The molecule has 0 amide bonds. The van der Waals surface area contributed by atoms with Crippen LogP contribution >= 0.6 is 11.8 Å². The molecule has 0 aliphatic heterocycles. The third-order valence-electron chi connectivity index (χ3n) is 1.46. The van der Waals surface area contributed by atoms with Gasteiger partial charge in [-0.25, -0.2) is 0 Å². The van der Waals surface area contributed by atoms with Gasteiger partial charge in [0.05, 0.1) is 5.56 Å². The van der Waals surface area contributed by atoms with Crippen LogP contribution in [-0.4, -0.2) is 10.9 Å². The van der Waals surface area contributed by atoms with Crippen LogP contribution in [0.2, 0.25) is 0 Å². The van der Waals surface area contributed by atoms with E-state index in [4.69, 9.17) is 5.73 Å². The number of para-hydroxylation sites is 1. The lowest BCUT2D eigenvalue weighted by Crippen LogP contribution is -1.99. The Hall–Kier alpha value is -0.960. The topological polar surface area (TPSA) is 43.1 Å². The molecule has 0 saturated heterocycles. The van der Waals surface area contributed by atoms with E-state index in [9.17, 15) is 4.79 Å². The smallest absolute Gasteiger partial charge is 0.221 e. The van der Waals surface area contributed by atoms with Gasteiger partial charge in [-0.1, -0.05) is 30.8 Å². The number of hydrogen-bond acceptors (Lipinski definition) is 3. The van der Waals surface area contributed by atoms with E-state index < -0.39 is 0 Å². The Morgan fingerprint density at radius 3 is 2.75 bits per heavy atom. The van der Waals surface area contributed by atoms with Crippen molar-refractivity contribution in [3.8, 4) is 0 Å². The number of nitrogens with two attached hydrogens (primary N) is 1. The summed E-state index contributed by atoms with van der Waals surface area (Å²) in [5.74, 6) is 0.785. The molecule has 0 atom stereocenters. The average molecular weight is 181 g/mol. The molecule has 1 aromatic rings. The first-order chi connectivity index (χ1) is 5.75. The molecule has 64 valence electrons. The highest BCUT2D eigenvalue weighted by molar-refractivity contribution is 8.14. The number of benzene rings is 1. The number of rotatable bonds is 2. The van der Waals surface area contributed by atoms with Gasteiger partial charge in [0.1, 0.15) is 0 Å². The average Bonchev–Trinajstić information content (AvgIpc) is 2.05. The van der Waals surface area contributed by atoms with Crippen LogP contribution in [0.15, 0.2) is 24.3 Å². The van der Waals surface area contributed by atoms with Crippen molar-refractivity contribution in [1.29, 1.82) is 0 Å². The quantitative estimate of drug-likeness (QED) is 0.711. The summed E-state index contributed by atoms with van der Waals surface area (Å²) in [7, 11) is 0. The Bertz CT molecular complexity index is 286. The molecule has 0 fully saturated rings. The van der Waals surface area contributed by atoms with E-state index >= 15 is 0 Å². The molecule has 0 heterocycles.